The predicted octanol–water partition coefficient (Wildman–Crippen LogP) is 0.454. The molecule has 0 spiro atoms. The van der Waals surface area contributed by atoms with Crippen LogP contribution in [0.1, 0.15) is 26.6 Å². The number of tetrazole rings is 1. The molecule has 0 saturated carbocycles. The first-order valence-corrected chi connectivity index (χ1v) is 5.04. The van der Waals surface area contributed by atoms with E-state index < -0.39 is 5.54 Å². The smallest absolute Gasteiger partial charge is 0.336 e. The summed E-state index contributed by atoms with van der Waals surface area (Å²) >= 11 is 0. The number of rotatable bonds is 1. The normalized spacial score (nSPS) is 18.2. The first-order valence-electron chi connectivity index (χ1n) is 5.04. The summed E-state index contributed by atoms with van der Waals surface area (Å²) in [4.78, 5) is 11.8. The summed E-state index contributed by atoms with van der Waals surface area (Å²) in [5.41, 5.74) is 1.03. The second-order valence-electron chi connectivity index (χ2n) is 4.39. The van der Waals surface area contributed by atoms with Crippen molar-refractivity contribution in [2.75, 3.05) is 7.11 Å². The molecule has 1 aliphatic heterocycles. The van der Waals surface area contributed by atoms with Crippen molar-refractivity contribution in [1.82, 2.24) is 20.2 Å². The Morgan fingerprint density at radius 1 is 1.50 bits per heavy atom. The van der Waals surface area contributed by atoms with Crippen LogP contribution in [0.2, 0.25) is 0 Å². The van der Waals surface area contributed by atoms with Crippen LogP contribution in [0.3, 0.4) is 0 Å². The maximum atomic E-state index is 11.8. The predicted molar refractivity (Wildman–Crippen MR) is 55.6 cm³/mol. The number of allylic oxidation sites excluding steroid dienone is 1. The van der Waals surface area contributed by atoms with Crippen molar-refractivity contribution in [3.63, 3.8) is 0 Å². The van der Waals surface area contributed by atoms with E-state index in [0.717, 1.165) is 11.4 Å². The summed E-state index contributed by atoms with van der Waals surface area (Å²) in [6.07, 6.45) is 0.584. The highest BCUT2D eigenvalue weighted by Gasteiger charge is 2.39. The number of hydrogen-bond donors (Lipinski definition) is 0. The molecular weight excluding hydrogens is 208 g/mol. The topological polar surface area (TPSA) is 69.9 Å². The number of nitrogens with zero attached hydrogens (tertiary/aromatic N) is 4. The molecule has 0 aromatic carbocycles. The van der Waals surface area contributed by atoms with E-state index in [0.29, 0.717) is 12.0 Å². The average molecular weight is 222 g/mol. The zero-order valence-corrected chi connectivity index (χ0v) is 9.81. The number of methoxy groups -OCH3 is 1. The lowest BCUT2D eigenvalue weighted by Crippen LogP contribution is -2.39. The zero-order chi connectivity index (χ0) is 11.9. The molecular formula is C10H14N4O2. The Morgan fingerprint density at radius 2 is 2.19 bits per heavy atom. The SMILES string of the molecule is COC(=O)C1=C(C)Cc2nnnn2C1(C)C. The van der Waals surface area contributed by atoms with E-state index in [1.807, 2.05) is 20.8 Å². The summed E-state index contributed by atoms with van der Waals surface area (Å²) in [5, 5.41) is 11.5. The van der Waals surface area contributed by atoms with Crippen LogP contribution in [0.25, 0.3) is 0 Å². The van der Waals surface area contributed by atoms with Gasteiger partial charge in [-0.25, -0.2) is 9.48 Å². The van der Waals surface area contributed by atoms with Crippen molar-refractivity contribution in [1.29, 1.82) is 0 Å². The fraction of sp³-hybridized carbons (Fsp3) is 0.600. The Morgan fingerprint density at radius 3 is 2.81 bits per heavy atom. The Hall–Kier alpha value is -1.72. The zero-order valence-electron chi connectivity index (χ0n) is 9.81. The van der Waals surface area contributed by atoms with Crippen LogP contribution in [-0.2, 0) is 21.5 Å². The van der Waals surface area contributed by atoms with Crippen LogP contribution >= 0.6 is 0 Å². The lowest BCUT2D eigenvalue weighted by atomic mass is 9.86. The van der Waals surface area contributed by atoms with Crippen LogP contribution in [-0.4, -0.2) is 33.3 Å². The van der Waals surface area contributed by atoms with Crippen molar-refractivity contribution in [2.45, 2.75) is 32.7 Å². The Kier molecular flexibility index (Phi) is 2.29. The molecule has 16 heavy (non-hydrogen) atoms. The molecule has 0 radical (unpaired) electrons. The van der Waals surface area contributed by atoms with Crippen molar-refractivity contribution in [3.8, 4) is 0 Å². The molecule has 0 bridgehead atoms. The van der Waals surface area contributed by atoms with Crippen molar-refractivity contribution < 1.29 is 9.53 Å². The third-order valence-electron chi connectivity index (χ3n) is 2.91. The van der Waals surface area contributed by atoms with Gasteiger partial charge in [-0.3, -0.25) is 0 Å². The third-order valence-corrected chi connectivity index (χ3v) is 2.91. The molecule has 0 unspecified atom stereocenters. The van der Waals surface area contributed by atoms with Gasteiger partial charge in [0, 0.05) is 6.42 Å². The first kappa shape index (κ1) is 10.8. The fourth-order valence-corrected chi connectivity index (χ4v) is 2.23. The van der Waals surface area contributed by atoms with E-state index >= 15 is 0 Å². The van der Waals surface area contributed by atoms with E-state index in [2.05, 4.69) is 15.5 Å². The lowest BCUT2D eigenvalue weighted by molar-refractivity contribution is -0.137. The second kappa shape index (κ2) is 3.40. The number of carbonyl (C=O) groups is 1. The number of aromatic nitrogens is 4. The average Bonchev–Trinajstić information content (AvgIpc) is 2.65. The maximum absolute atomic E-state index is 11.8. The highest BCUT2D eigenvalue weighted by Crippen LogP contribution is 2.33. The molecule has 0 N–H and O–H groups in total. The molecule has 6 heteroatoms. The molecule has 0 amide bonds. The molecule has 86 valence electrons. The van der Waals surface area contributed by atoms with Gasteiger partial charge in [0.05, 0.1) is 18.2 Å². The molecule has 6 nitrogen and oxygen atoms in total. The molecule has 1 aliphatic rings. The monoisotopic (exact) mass is 222 g/mol. The highest BCUT2D eigenvalue weighted by atomic mass is 16.5. The summed E-state index contributed by atoms with van der Waals surface area (Å²) < 4.78 is 6.48. The summed E-state index contributed by atoms with van der Waals surface area (Å²) in [6, 6.07) is 0. The number of fused-ring (bicyclic) bond motifs is 1. The standard InChI is InChI=1S/C10H14N4O2/c1-6-5-7-11-12-13-14(7)10(2,3)8(6)9(15)16-4/h5H2,1-4H3. The molecule has 1 aromatic rings. The molecule has 2 heterocycles. The van der Waals surface area contributed by atoms with E-state index in [1.165, 1.54) is 7.11 Å². The molecule has 0 aliphatic carbocycles. The van der Waals surface area contributed by atoms with Gasteiger partial charge in [-0.2, -0.15) is 0 Å². The van der Waals surface area contributed by atoms with Gasteiger partial charge in [0.1, 0.15) is 0 Å². The summed E-state index contributed by atoms with van der Waals surface area (Å²) in [5.74, 6) is 0.457. The Bertz CT molecular complexity index is 473. The van der Waals surface area contributed by atoms with E-state index in [4.69, 9.17) is 4.74 Å². The van der Waals surface area contributed by atoms with Gasteiger partial charge >= 0.3 is 5.97 Å². The molecule has 2 rings (SSSR count). The number of hydrogen-bond acceptors (Lipinski definition) is 5. The lowest BCUT2D eigenvalue weighted by Gasteiger charge is -2.32. The quantitative estimate of drug-likeness (QED) is 0.645. The van der Waals surface area contributed by atoms with Crippen molar-refractivity contribution >= 4 is 5.97 Å². The minimum absolute atomic E-state index is 0.316. The summed E-state index contributed by atoms with van der Waals surface area (Å²) in [6.45, 7) is 5.72. The number of esters is 1. The van der Waals surface area contributed by atoms with Crippen LogP contribution < -0.4 is 0 Å². The van der Waals surface area contributed by atoms with Gasteiger partial charge in [0.15, 0.2) is 5.82 Å². The van der Waals surface area contributed by atoms with Crippen molar-refractivity contribution in [3.05, 3.63) is 17.0 Å². The first-order chi connectivity index (χ1) is 7.48. The van der Waals surface area contributed by atoms with E-state index in [-0.39, 0.29) is 5.97 Å². The second-order valence-corrected chi connectivity index (χ2v) is 4.39. The fourth-order valence-electron chi connectivity index (χ4n) is 2.23. The minimum Gasteiger partial charge on any atom is -0.466 e. The van der Waals surface area contributed by atoms with Gasteiger partial charge in [-0.1, -0.05) is 5.57 Å². The number of ether oxygens (including phenoxy) is 1. The van der Waals surface area contributed by atoms with Crippen LogP contribution in [0.4, 0.5) is 0 Å². The highest BCUT2D eigenvalue weighted by molar-refractivity contribution is 5.91. The molecule has 1 aromatic heterocycles. The molecule has 0 fully saturated rings. The van der Waals surface area contributed by atoms with Crippen LogP contribution in [0.5, 0.6) is 0 Å². The van der Waals surface area contributed by atoms with Crippen molar-refractivity contribution in [2.24, 2.45) is 0 Å². The largest absolute Gasteiger partial charge is 0.466 e. The Balaban J connectivity index is 2.57. The van der Waals surface area contributed by atoms with Crippen LogP contribution in [0, 0.1) is 0 Å². The van der Waals surface area contributed by atoms with Gasteiger partial charge in [-0.05, 0) is 31.2 Å². The van der Waals surface area contributed by atoms with Gasteiger partial charge < -0.3 is 4.74 Å². The Labute approximate surface area is 93.3 Å². The minimum atomic E-state index is -0.561. The van der Waals surface area contributed by atoms with E-state index in [9.17, 15) is 4.79 Å². The van der Waals surface area contributed by atoms with Gasteiger partial charge in [0.2, 0.25) is 0 Å². The molecule has 0 atom stereocenters. The summed E-state index contributed by atoms with van der Waals surface area (Å²) in [7, 11) is 1.38. The number of carbonyl (C=O) groups excluding carboxylic acids is 1. The third kappa shape index (κ3) is 1.33. The molecule has 0 saturated heterocycles. The van der Waals surface area contributed by atoms with Gasteiger partial charge in [-0.15, -0.1) is 5.10 Å². The van der Waals surface area contributed by atoms with Gasteiger partial charge in [0.25, 0.3) is 0 Å². The van der Waals surface area contributed by atoms with E-state index in [1.54, 1.807) is 4.68 Å². The van der Waals surface area contributed by atoms with Crippen LogP contribution in [0.15, 0.2) is 11.1 Å². The maximum Gasteiger partial charge on any atom is 0.336 e.